The summed E-state index contributed by atoms with van der Waals surface area (Å²) in [6.45, 7) is 4.36. The predicted molar refractivity (Wildman–Crippen MR) is 90.7 cm³/mol. The zero-order chi connectivity index (χ0) is 16.8. The highest BCUT2D eigenvalue weighted by Gasteiger charge is 2.19. The summed E-state index contributed by atoms with van der Waals surface area (Å²) in [5.74, 6) is 1.26. The van der Waals surface area contributed by atoms with E-state index in [0.717, 1.165) is 5.56 Å². The summed E-state index contributed by atoms with van der Waals surface area (Å²) in [5, 5.41) is 0. The molecule has 1 atom stereocenters. The van der Waals surface area contributed by atoms with Crippen molar-refractivity contribution in [1.82, 2.24) is 4.90 Å². The summed E-state index contributed by atoms with van der Waals surface area (Å²) in [7, 11) is 3.39. The molecule has 0 aliphatic carbocycles. The van der Waals surface area contributed by atoms with Gasteiger partial charge in [-0.05, 0) is 31.5 Å². The van der Waals surface area contributed by atoms with Crippen molar-refractivity contribution >= 4 is 5.91 Å². The van der Waals surface area contributed by atoms with Gasteiger partial charge < -0.3 is 14.4 Å². The fourth-order valence-electron chi connectivity index (χ4n) is 2.28. The Balaban J connectivity index is 1.96. The number of ether oxygens (including phenoxy) is 2. The van der Waals surface area contributed by atoms with Crippen LogP contribution in [-0.4, -0.2) is 31.1 Å². The second-order valence-corrected chi connectivity index (χ2v) is 5.62. The van der Waals surface area contributed by atoms with Crippen molar-refractivity contribution in [3.05, 3.63) is 59.7 Å². The second kappa shape index (κ2) is 7.68. The van der Waals surface area contributed by atoms with Gasteiger partial charge >= 0.3 is 0 Å². The topological polar surface area (TPSA) is 38.8 Å². The zero-order valence-electron chi connectivity index (χ0n) is 14.1. The van der Waals surface area contributed by atoms with Crippen molar-refractivity contribution in [3.8, 4) is 11.5 Å². The van der Waals surface area contributed by atoms with Gasteiger partial charge in [0.2, 0.25) is 0 Å². The van der Waals surface area contributed by atoms with Gasteiger partial charge in [0.25, 0.3) is 5.91 Å². The van der Waals surface area contributed by atoms with Crippen LogP contribution in [0.5, 0.6) is 11.5 Å². The summed E-state index contributed by atoms with van der Waals surface area (Å²) in [6.07, 6.45) is -0.558. The van der Waals surface area contributed by atoms with Crippen molar-refractivity contribution < 1.29 is 14.3 Å². The highest BCUT2D eigenvalue weighted by atomic mass is 16.5. The van der Waals surface area contributed by atoms with Gasteiger partial charge in [-0.2, -0.15) is 0 Å². The van der Waals surface area contributed by atoms with Crippen LogP contribution in [0.3, 0.4) is 0 Å². The van der Waals surface area contributed by atoms with Crippen LogP contribution in [0.2, 0.25) is 0 Å². The Kier molecular flexibility index (Phi) is 5.63. The number of hydrogen-bond donors (Lipinski definition) is 0. The molecule has 0 aliphatic rings. The molecule has 0 aliphatic heterocycles. The van der Waals surface area contributed by atoms with Crippen LogP contribution in [0.15, 0.2) is 48.5 Å². The number of likely N-dealkylation sites (N-methyl/N-ethyl adjacent to an activating group) is 1. The zero-order valence-corrected chi connectivity index (χ0v) is 14.1. The fourth-order valence-corrected chi connectivity index (χ4v) is 2.28. The van der Waals surface area contributed by atoms with Crippen molar-refractivity contribution in [2.45, 2.75) is 26.5 Å². The van der Waals surface area contributed by atoms with Gasteiger partial charge in [-0.25, -0.2) is 0 Å². The largest absolute Gasteiger partial charge is 0.497 e. The SMILES string of the molecule is COc1cccc(OC(C)C(=O)N(C)Cc2ccc(C)cc2)c1. The second-order valence-electron chi connectivity index (χ2n) is 5.62. The lowest BCUT2D eigenvalue weighted by molar-refractivity contribution is -0.137. The van der Waals surface area contributed by atoms with Crippen molar-refractivity contribution in [2.75, 3.05) is 14.2 Å². The van der Waals surface area contributed by atoms with E-state index in [4.69, 9.17) is 9.47 Å². The van der Waals surface area contributed by atoms with Gasteiger partial charge in [-0.3, -0.25) is 4.79 Å². The van der Waals surface area contributed by atoms with Gasteiger partial charge in [-0.15, -0.1) is 0 Å². The first kappa shape index (κ1) is 16.9. The number of benzene rings is 2. The van der Waals surface area contributed by atoms with Crippen LogP contribution in [0.4, 0.5) is 0 Å². The molecule has 0 saturated carbocycles. The van der Waals surface area contributed by atoms with E-state index in [1.54, 1.807) is 32.0 Å². The van der Waals surface area contributed by atoms with Crippen molar-refractivity contribution in [1.29, 1.82) is 0 Å². The van der Waals surface area contributed by atoms with Gasteiger partial charge in [-0.1, -0.05) is 35.9 Å². The number of carbonyl (C=O) groups is 1. The number of nitrogens with zero attached hydrogens (tertiary/aromatic N) is 1. The summed E-state index contributed by atoms with van der Waals surface area (Å²) < 4.78 is 10.9. The third kappa shape index (κ3) is 4.74. The lowest BCUT2D eigenvalue weighted by Crippen LogP contribution is -2.37. The summed E-state index contributed by atoms with van der Waals surface area (Å²) in [4.78, 5) is 14.1. The third-order valence-corrected chi connectivity index (χ3v) is 3.62. The first-order valence-electron chi connectivity index (χ1n) is 7.61. The molecule has 0 N–H and O–H groups in total. The first-order chi connectivity index (χ1) is 11.0. The average Bonchev–Trinajstić information content (AvgIpc) is 2.56. The van der Waals surface area contributed by atoms with E-state index in [1.807, 2.05) is 49.4 Å². The van der Waals surface area contributed by atoms with Crippen molar-refractivity contribution in [2.24, 2.45) is 0 Å². The summed E-state index contributed by atoms with van der Waals surface area (Å²) in [6, 6.07) is 15.4. The Morgan fingerprint density at radius 2 is 1.78 bits per heavy atom. The molecule has 2 aromatic carbocycles. The monoisotopic (exact) mass is 313 g/mol. The number of amides is 1. The summed E-state index contributed by atoms with van der Waals surface area (Å²) in [5.41, 5.74) is 2.30. The Morgan fingerprint density at radius 1 is 1.13 bits per heavy atom. The van der Waals surface area contributed by atoms with Crippen LogP contribution in [0.25, 0.3) is 0 Å². The molecule has 0 fully saturated rings. The Hall–Kier alpha value is -2.49. The smallest absolute Gasteiger partial charge is 0.263 e. The highest BCUT2D eigenvalue weighted by molar-refractivity contribution is 5.80. The molecule has 0 radical (unpaired) electrons. The normalized spacial score (nSPS) is 11.7. The molecule has 0 bridgehead atoms. The molecule has 0 saturated heterocycles. The van der Waals surface area contributed by atoms with Gasteiger partial charge in [0.1, 0.15) is 11.5 Å². The van der Waals surface area contributed by atoms with E-state index in [-0.39, 0.29) is 5.91 Å². The third-order valence-electron chi connectivity index (χ3n) is 3.62. The summed E-state index contributed by atoms with van der Waals surface area (Å²) >= 11 is 0. The molecule has 0 aromatic heterocycles. The number of aryl methyl sites for hydroxylation is 1. The average molecular weight is 313 g/mol. The lowest BCUT2D eigenvalue weighted by atomic mass is 10.1. The van der Waals surface area contributed by atoms with Crippen molar-refractivity contribution in [3.63, 3.8) is 0 Å². The molecule has 1 unspecified atom stereocenters. The van der Waals surface area contributed by atoms with Crippen LogP contribution in [0, 0.1) is 6.92 Å². The van der Waals surface area contributed by atoms with E-state index in [1.165, 1.54) is 5.56 Å². The number of hydrogen-bond acceptors (Lipinski definition) is 3. The maximum absolute atomic E-state index is 12.4. The molecule has 1 amide bonds. The first-order valence-corrected chi connectivity index (χ1v) is 7.61. The predicted octanol–water partition coefficient (Wildman–Crippen LogP) is 3.43. The molecule has 122 valence electrons. The number of rotatable bonds is 6. The Bertz CT molecular complexity index is 652. The van der Waals surface area contributed by atoms with Gasteiger partial charge in [0.15, 0.2) is 6.10 Å². The van der Waals surface area contributed by atoms with E-state index in [2.05, 4.69) is 0 Å². The molecule has 4 heteroatoms. The fraction of sp³-hybridized carbons (Fsp3) is 0.316. The standard InChI is InChI=1S/C19H23NO3/c1-14-8-10-16(11-9-14)13-20(3)19(21)15(2)23-18-7-5-6-17(12-18)22-4/h5-12,15H,13H2,1-4H3. The number of methoxy groups -OCH3 is 1. The van der Waals surface area contributed by atoms with Gasteiger partial charge in [0, 0.05) is 19.7 Å². The van der Waals surface area contributed by atoms with E-state index < -0.39 is 6.10 Å². The number of carbonyl (C=O) groups excluding carboxylic acids is 1. The maximum Gasteiger partial charge on any atom is 0.263 e. The Morgan fingerprint density at radius 3 is 2.43 bits per heavy atom. The van der Waals surface area contributed by atoms with E-state index >= 15 is 0 Å². The molecule has 2 rings (SSSR count). The van der Waals surface area contributed by atoms with E-state index in [9.17, 15) is 4.79 Å². The van der Waals surface area contributed by atoms with Crippen LogP contribution in [-0.2, 0) is 11.3 Å². The molecular weight excluding hydrogens is 290 g/mol. The molecular formula is C19H23NO3. The van der Waals surface area contributed by atoms with Gasteiger partial charge in [0.05, 0.1) is 7.11 Å². The minimum absolute atomic E-state index is 0.0617. The van der Waals surface area contributed by atoms with Crippen LogP contribution >= 0.6 is 0 Å². The van der Waals surface area contributed by atoms with Crippen LogP contribution < -0.4 is 9.47 Å². The molecule has 0 heterocycles. The minimum atomic E-state index is -0.558. The molecule has 2 aromatic rings. The molecule has 23 heavy (non-hydrogen) atoms. The Labute approximate surface area is 137 Å². The quantitative estimate of drug-likeness (QED) is 0.820. The van der Waals surface area contributed by atoms with E-state index in [0.29, 0.717) is 18.0 Å². The highest BCUT2D eigenvalue weighted by Crippen LogP contribution is 2.20. The van der Waals surface area contributed by atoms with Crippen LogP contribution in [0.1, 0.15) is 18.1 Å². The molecule has 0 spiro atoms. The molecule has 4 nitrogen and oxygen atoms in total. The maximum atomic E-state index is 12.4. The lowest BCUT2D eigenvalue weighted by Gasteiger charge is -2.22. The minimum Gasteiger partial charge on any atom is -0.497 e.